The number of nitrogens with zero attached hydrogens (tertiary/aromatic N) is 3. The first-order valence-electron chi connectivity index (χ1n) is 10.3. The third kappa shape index (κ3) is 6.15. The third-order valence-electron chi connectivity index (χ3n) is 5.68. The minimum atomic E-state index is -3.55. The van der Waals surface area contributed by atoms with Gasteiger partial charge in [0.1, 0.15) is 11.6 Å². The Morgan fingerprint density at radius 2 is 1.78 bits per heavy atom. The molecule has 2 aliphatic rings. The number of hydrogen-bond acceptors (Lipinski definition) is 5. The first-order chi connectivity index (χ1) is 15.2. The molecule has 11 heteroatoms. The van der Waals surface area contributed by atoms with E-state index in [0.717, 1.165) is 0 Å². The molecule has 32 heavy (non-hydrogen) atoms. The van der Waals surface area contributed by atoms with Crippen LogP contribution in [0, 0.1) is 11.7 Å². The normalized spacial score (nSPS) is 23.6. The smallest absolute Gasteiger partial charge is 0.450 e. The predicted octanol–water partition coefficient (Wildman–Crippen LogP) is 2.59. The molecule has 3 atom stereocenters. The molecule has 174 valence electrons. The first-order valence-corrected chi connectivity index (χ1v) is 11.7. The van der Waals surface area contributed by atoms with Crippen LogP contribution in [-0.2, 0) is 10.2 Å². The van der Waals surface area contributed by atoms with Gasteiger partial charge in [-0.05, 0) is 30.0 Å². The summed E-state index contributed by atoms with van der Waals surface area (Å²) in [5.41, 5.74) is 1.17. The maximum absolute atomic E-state index is 13.1. The van der Waals surface area contributed by atoms with Crippen molar-refractivity contribution in [3.8, 4) is 0 Å². The van der Waals surface area contributed by atoms with Gasteiger partial charge in [-0.3, -0.25) is 0 Å². The summed E-state index contributed by atoms with van der Waals surface area (Å²) in [5, 5.41) is 13.9. The van der Waals surface area contributed by atoms with Crippen LogP contribution in [0.4, 0.5) is 15.0 Å². The molecule has 1 aromatic carbocycles. The van der Waals surface area contributed by atoms with Crippen LogP contribution in [0.25, 0.3) is 0 Å². The van der Waals surface area contributed by atoms with E-state index in [4.69, 9.17) is 15.0 Å². The third-order valence-corrected chi connectivity index (χ3v) is 7.29. The number of rotatable bonds is 5. The van der Waals surface area contributed by atoms with Gasteiger partial charge in [-0.25, -0.2) is 14.2 Å². The largest absolute Gasteiger partial charge is 0.503 e. The summed E-state index contributed by atoms with van der Waals surface area (Å²) in [4.78, 5) is 14.7. The van der Waals surface area contributed by atoms with Gasteiger partial charge in [0.25, 0.3) is 10.2 Å². The van der Waals surface area contributed by atoms with Gasteiger partial charge in [-0.1, -0.05) is 37.3 Å². The van der Waals surface area contributed by atoms with Gasteiger partial charge >= 0.3 is 6.16 Å². The van der Waals surface area contributed by atoms with Crippen molar-refractivity contribution in [2.45, 2.75) is 25.3 Å². The Hall–Kier alpha value is -2.76. The second-order valence-corrected chi connectivity index (χ2v) is 9.50. The molecule has 0 amide bonds. The van der Waals surface area contributed by atoms with Crippen molar-refractivity contribution in [1.29, 1.82) is 0 Å². The van der Waals surface area contributed by atoms with Crippen molar-refractivity contribution < 1.29 is 27.8 Å². The molecule has 2 aromatic rings. The number of carbonyl (C=O) groups is 1. The average molecular weight is 467 g/mol. The van der Waals surface area contributed by atoms with E-state index < -0.39 is 16.4 Å². The maximum atomic E-state index is 13.1. The molecule has 3 N–H and O–H groups in total. The van der Waals surface area contributed by atoms with Crippen LogP contribution >= 0.6 is 0 Å². The highest BCUT2D eigenvalue weighted by atomic mass is 32.2. The van der Waals surface area contributed by atoms with Crippen molar-refractivity contribution in [2.75, 3.05) is 31.1 Å². The average Bonchev–Trinajstić information content (AvgIpc) is 3.44. The van der Waals surface area contributed by atoms with Crippen molar-refractivity contribution in [3.63, 3.8) is 0 Å². The van der Waals surface area contributed by atoms with E-state index in [1.54, 1.807) is 6.07 Å². The number of halogens is 1. The second kappa shape index (κ2) is 10.2. The molecule has 2 fully saturated rings. The van der Waals surface area contributed by atoms with E-state index in [-0.39, 0.29) is 23.7 Å². The lowest BCUT2D eigenvalue weighted by Crippen LogP contribution is -2.44. The van der Waals surface area contributed by atoms with E-state index in [1.807, 2.05) is 23.1 Å². The number of nitrogens with one attached hydrogen (secondary N) is 1. The Labute approximate surface area is 186 Å². The lowest BCUT2D eigenvalue weighted by Gasteiger charge is -2.22. The summed E-state index contributed by atoms with van der Waals surface area (Å²) >= 11 is 0. The van der Waals surface area contributed by atoms with E-state index in [9.17, 15) is 12.8 Å². The summed E-state index contributed by atoms with van der Waals surface area (Å²) < 4.78 is 43.4. The highest BCUT2D eigenvalue weighted by molar-refractivity contribution is 7.87. The summed E-state index contributed by atoms with van der Waals surface area (Å²) in [6, 6.07) is 13.0. The summed E-state index contributed by atoms with van der Waals surface area (Å²) in [6.45, 7) is 4.14. The molecule has 0 radical (unpaired) electrons. The molecule has 9 nitrogen and oxygen atoms in total. The van der Waals surface area contributed by atoms with Gasteiger partial charge in [0.2, 0.25) is 0 Å². The Bertz CT molecular complexity index is 1000. The van der Waals surface area contributed by atoms with Crippen LogP contribution in [0.1, 0.15) is 24.8 Å². The molecule has 0 unspecified atom stereocenters. The highest BCUT2D eigenvalue weighted by Crippen LogP contribution is 2.47. The highest BCUT2D eigenvalue weighted by Gasteiger charge is 2.50. The van der Waals surface area contributed by atoms with Crippen LogP contribution in [0.2, 0.25) is 0 Å². The lowest BCUT2D eigenvalue weighted by molar-refractivity contribution is 0.137. The molecule has 4 rings (SSSR count). The Morgan fingerprint density at radius 1 is 1.09 bits per heavy atom. The Kier molecular flexibility index (Phi) is 7.64. The van der Waals surface area contributed by atoms with Crippen LogP contribution < -0.4 is 9.62 Å². The number of hydrogen-bond donors (Lipinski definition) is 3. The first kappa shape index (κ1) is 23.9. The Morgan fingerprint density at radius 3 is 2.41 bits per heavy atom. The molecular formula is C21H27FN4O5S. The fraction of sp³-hybridized carbons (Fsp3) is 0.429. The van der Waals surface area contributed by atoms with E-state index in [0.29, 0.717) is 38.4 Å². The zero-order valence-electron chi connectivity index (χ0n) is 17.6. The van der Waals surface area contributed by atoms with Crippen LogP contribution in [0.15, 0.2) is 48.7 Å². The molecule has 2 heterocycles. The van der Waals surface area contributed by atoms with Crippen LogP contribution in [0.5, 0.6) is 0 Å². The lowest BCUT2D eigenvalue weighted by atomic mass is 10.1. The molecule has 0 bridgehead atoms. The van der Waals surface area contributed by atoms with Gasteiger partial charge in [0.05, 0.1) is 6.20 Å². The maximum Gasteiger partial charge on any atom is 0.503 e. The number of pyridine rings is 1. The zero-order valence-corrected chi connectivity index (χ0v) is 18.4. The molecule has 1 saturated carbocycles. The summed E-state index contributed by atoms with van der Waals surface area (Å²) in [6.07, 6.45) is 0.0524. The van der Waals surface area contributed by atoms with Crippen LogP contribution in [0.3, 0.4) is 0 Å². The number of carboxylic acid groups (broad SMARTS) is 2. The van der Waals surface area contributed by atoms with Gasteiger partial charge in [-0.15, -0.1) is 0 Å². The number of anilines is 1. The van der Waals surface area contributed by atoms with E-state index in [1.165, 1.54) is 22.1 Å². The topological polar surface area (TPSA) is 123 Å². The van der Waals surface area contributed by atoms with Gasteiger partial charge < -0.3 is 15.1 Å². The van der Waals surface area contributed by atoms with E-state index in [2.05, 4.69) is 28.8 Å². The van der Waals surface area contributed by atoms with Crippen LogP contribution in [-0.4, -0.2) is 66.3 Å². The standard InChI is InChI=1S/C20H25FN4O2S.CH2O3/c1-15-19(16-6-3-2-4-7-16)20(15)23-28(26,27)25-11-5-10-24(12-13-25)18-9-8-17(21)14-22-18;2-1(3)4/h2-4,6-9,14-15,19-20,23H,5,10-13H2,1H3;(H2,2,3,4)/t15-,19-,20+;/m1./s1. The molecular weight excluding hydrogens is 439 g/mol. The SMILES string of the molecule is C[C@H]1[C@H](NS(=O)(=O)N2CCCN(c3ccc(F)cn3)CC2)[C@H]1c1ccccc1.O=C(O)O. The number of benzene rings is 1. The Balaban J connectivity index is 0.000000668. The van der Waals surface area contributed by atoms with Crippen molar-refractivity contribution in [3.05, 3.63) is 60.0 Å². The van der Waals surface area contributed by atoms with Gasteiger partial charge in [-0.2, -0.15) is 17.4 Å². The van der Waals surface area contributed by atoms with Crippen molar-refractivity contribution >= 4 is 22.2 Å². The molecule has 1 saturated heterocycles. The molecule has 1 aromatic heterocycles. The second-order valence-electron chi connectivity index (χ2n) is 7.80. The number of aromatic nitrogens is 1. The minimum absolute atomic E-state index is 0.0643. The monoisotopic (exact) mass is 466 g/mol. The fourth-order valence-corrected chi connectivity index (χ4v) is 5.54. The summed E-state index contributed by atoms with van der Waals surface area (Å²) in [7, 11) is -3.55. The zero-order chi connectivity index (χ0) is 23.3. The minimum Gasteiger partial charge on any atom is -0.450 e. The van der Waals surface area contributed by atoms with E-state index >= 15 is 0 Å². The molecule has 0 spiro atoms. The molecule has 1 aliphatic heterocycles. The predicted molar refractivity (Wildman–Crippen MR) is 117 cm³/mol. The quantitative estimate of drug-likeness (QED) is 0.619. The van der Waals surface area contributed by atoms with Gasteiger partial charge in [0, 0.05) is 38.1 Å². The van der Waals surface area contributed by atoms with Gasteiger partial charge in [0.15, 0.2) is 0 Å². The van der Waals surface area contributed by atoms with Crippen molar-refractivity contribution in [1.82, 2.24) is 14.0 Å². The van der Waals surface area contributed by atoms with Crippen molar-refractivity contribution in [2.24, 2.45) is 5.92 Å². The molecule has 1 aliphatic carbocycles. The fourth-order valence-electron chi connectivity index (χ4n) is 3.99. The summed E-state index contributed by atoms with van der Waals surface area (Å²) in [5.74, 6) is 0.805.